The number of benzene rings is 3. The minimum Gasteiger partial charge on any atom is -0.482 e. The normalized spacial score (nSPS) is 11.9. The Morgan fingerprint density at radius 1 is 1.00 bits per heavy atom. The summed E-state index contributed by atoms with van der Waals surface area (Å²) in [6.45, 7) is -0.174. The van der Waals surface area contributed by atoms with E-state index < -0.39 is 18.5 Å². The first-order valence-electron chi connectivity index (χ1n) is 11.3. The Balaban J connectivity index is 1.54. The number of fused-ring (bicyclic) bond motifs is 1. The summed E-state index contributed by atoms with van der Waals surface area (Å²) in [5, 5.41) is 24.2. The molecule has 4 aromatic rings. The van der Waals surface area contributed by atoms with Crippen LogP contribution in [0, 0.1) is 0 Å². The van der Waals surface area contributed by atoms with E-state index in [0.29, 0.717) is 39.1 Å². The fraction of sp³-hybridized carbons (Fsp3) is 0.148. The van der Waals surface area contributed by atoms with Crippen LogP contribution in [0.4, 0.5) is 0 Å². The molecule has 0 spiro atoms. The molecule has 0 unspecified atom stereocenters. The van der Waals surface area contributed by atoms with E-state index in [4.69, 9.17) is 36.0 Å². The minimum absolute atomic E-state index is 0.0405. The van der Waals surface area contributed by atoms with Crippen molar-refractivity contribution < 1.29 is 34.0 Å². The minimum atomic E-state index is -1.12. The van der Waals surface area contributed by atoms with Crippen molar-refractivity contribution in [2.45, 2.75) is 13.0 Å². The second kappa shape index (κ2) is 10.2. The first-order valence-corrected chi connectivity index (χ1v) is 11.7. The van der Waals surface area contributed by atoms with Gasteiger partial charge in [0.1, 0.15) is 5.75 Å². The van der Waals surface area contributed by atoms with Gasteiger partial charge in [0.25, 0.3) is 0 Å². The van der Waals surface area contributed by atoms with Crippen LogP contribution in [0.25, 0.3) is 11.3 Å². The van der Waals surface area contributed by atoms with Crippen LogP contribution in [-0.2, 0) is 17.8 Å². The molecule has 1 aromatic heterocycles. The van der Waals surface area contributed by atoms with Crippen molar-refractivity contribution in [3.05, 3.63) is 94.1 Å². The lowest BCUT2D eigenvalue weighted by Crippen LogP contribution is -2.13. The average molecular weight is 521 g/mol. The first-order chi connectivity index (χ1) is 17.9. The zero-order chi connectivity index (χ0) is 25.9. The van der Waals surface area contributed by atoms with Gasteiger partial charge >= 0.3 is 11.9 Å². The first kappa shape index (κ1) is 24.2. The Labute approximate surface area is 216 Å². The van der Waals surface area contributed by atoms with E-state index in [1.165, 1.54) is 4.68 Å². The number of hydrogen-bond donors (Lipinski definition) is 2. The number of hydrogen-bond acceptors (Lipinski definition) is 6. The summed E-state index contributed by atoms with van der Waals surface area (Å²) < 4.78 is 17.5. The second-order valence-corrected chi connectivity index (χ2v) is 8.71. The highest BCUT2D eigenvalue weighted by Crippen LogP contribution is 2.39. The van der Waals surface area contributed by atoms with E-state index in [1.807, 2.05) is 30.3 Å². The number of carboxylic acid groups (broad SMARTS) is 2. The molecule has 2 heterocycles. The van der Waals surface area contributed by atoms with Crippen molar-refractivity contribution in [2.75, 3.05) is 13.4 Å². The SMILES string of the molecule is O=C(O)COc1ccc(Cn2nc(-c3ccccc3)c(Cc3cc4c(cc3Cl)OCO4)c2C(=O)O)cc1. The molecule has 0 saturated carbocycles. The number of halogens is 1. The summed E-state index contributed by atoms with van der Waals surface area (Å²) in [6.07, 6.45) is 0.212. The molecule has 1 aliphatic heterocycles. The maximum atomic E-state index is 12.5. The number of nitrogens with zero attached hydrogens (tertiary/aromatic N) is 2. The van der Waals surface area contributed by atoms with Gasteiger partial charge < -0.3 is 24.4 Å². The molecule has 0 aliphatic carbocycles. The predicted octanol–water partition coefficient (Wildman–Crippen LogP) is 4.73. The molecule has 3 aromatic carbocycles. The van der Waals surface area contributed by atoms with Gasteiger partial charge in [-0.15, -0.1) is 0 Å². The van der Waals surface area contributed by atoms with E-state index in [-0.39, 0.29) is 25.5 Å². The molecular formula is C27H21ClN2O7. The van der Waals surface area contributed by atoms with Gasteiger partial charge in [0.15, 0.2) is 23.8 Å². The van der Waals surface area contributed by atoms with Crippen LogP contribution in [0.2, 0.25) is 5.02 Å². The van der Waals surface area contributed by atoms with Gasteiger partial charge in [-0.2, -0.15) is 5.10 Å². The molecule has 0 atom stereocenters. The van der Waals surface area contributed by atoms with Crippen LogP contribution < -0.4 is 14.2 Å². The van der Waals surface area contributed by atoms with E-state index in [1.54, 1.807) is 36.4 Å². The van der Waals surface area contributed by atoms with E-state index in [2.05, 4.69) is 0 Å². The molecule has 0 saturated heterocycles. The molecule has 0 bridgehead atoms. The lowest BCUT2D eigenvalue weighted by molar-refractivity contribution is -0.139. The molecule has 9 nitrogen and oxygen atoms in total. The lowest BCUT2D eigenvalue weighted by Gasteiger charge is -2.09. The van der Waals surface area contributed by atoms with Gasteiger partial charge in [0.05, 0.1) is 12.2 Å². The molecular weight excluding hydrogens is 500 g/mol. The molecule has 1 aliphatic rings. The van der Waals surface area contributed by atoms with Crippen LogP contribution in [0.15, 0.2) is 66.7 Å². The third kappa shape index (κ3) is 5.22. The number of carbonyl (C=O) groups is 2. The van der Waals surface area contributed by atoms with E-state index >= 15 is 0 Å². The van der Waals surface area contributed by atoms with Crippen molar-refractivity contribution in [1.82, 2.24) is 9.78 Å². The predicted molar refractivity (Wildman–Crippen MR) is 134 cm³/mol. The Morgan fingerprint density at radius 3 is 2.38 bits per heavy atom. The Morgan fingerprint density at radius 2 is 1.70 bits per heavy atom. The van der Waals surface area contributed by atoms with Crippen LogP contribution in [-0.4, -0.2) is 45.3 Å². The van der Waals surface area contributed by atoms with Crippen LogP contribution >= 0.6 is 11.6 Å². The number of aromatic carboxylic acids is 1. The molecule has 10 heteroatoms. The van der Waals surface area contributed by atoms with Gasteiger partial charge in [-0.1, -0.05) is 54.1 Å². The zero-order valence-electron chi connectivity index (χ0n) is 19.4. The highest BCUT2D eigenvalue weighted by Gasteiger charge is 2.26. The van der Waals surface area contributed by atoms with Gasteiger partial charge in [-0.25, -0.2) is 9.59 Å². The summed E-state index contributed by atoms with van der Waals surface area (Å²) in [7, 11) is 0. The van der Waals surface area contributed by atoms with Gasteiger partial charge in [0, 0.05) is 28.6 Å². The zero-order valence-corrected chi connectivity index (χ0v) is 20.1. The molecule has 0 amide bonds. The summed E-state index contributed by atoms with van der Waals surface area (Å²) >= 11 is 6.53. The topological polar surface area (TPSA) is 120 Å². The van der Waals surface area contributed by atoms with Crippen molar-refractivity contribution >= 4 is 23.5 Å². The Kier molecular flexibility index (Phi) is 6.70. The molecule has 0 fully saturated rings. The summed E-state index contributed by atoms with van der Waals surface area (Å²) in [4.78, 5) is 23.3. The third-order valence-corrected chi connectivity index (χ3v) is 6.18. The smallest absolute Gasteiger partial charge is 0.354 e. The fourth-order valence-corrected chi connectivity index (χ4v) is 4.36. The van der Waals surface area contributed by atoms with Crippen LogP contribution in [0.1, 0.15) is 27.2 Å². The fourth-order valence-electron chi connectivity index (χ4n) is 4.14. The van der Waals surface area contributed by atoms with Crippen molar-refractivity contribution in [1.29, 1.82) is 0 Å². The quantitative estimate of drug-likeness (QED) is 0.325. The second-order valence-electron chi connectivity index (χ2n) is 8.30. The molecule has 5 rings (SSSR count). The van der Waals surface area contributed by atoms with Gasteiger partial charge in [-0.05, 0) is 29.3 Å². The maximum absolute atomic E-state index is 12.5. The summed E-state index contributed by atoms with van der Waals surface area (Å²) in [5.41, 5.74) is 3.31. The van der Waals surface area contributed by atoms with E-state index in [9.17, 15) is 14.7 Å². The summed E-state index contributed by atoms with van der Waals surface area (Å²) in [5.74, 6) is -0.705. The molecule has 188 valence electrons. The largest absolute Gasteiger partial charge is 0.482 e. The standard InChI is InChI=1S/C27H21ClN2O7/c28-21-12-23-22(36-15-37-23)11-18(21)10-20-25(17-4-2-1-3-5-17)29-30(26(20)27(33)34)13-16-6-8-19(9-7-16)35-14-24(31)32/h1-9,11-12H,10,13-15H2,(H,31,32)(H,33,34). The Hall–Kier alpha value is -4.50. The van der Waals surface area contributed by atoms with Gasteiger partial charge in [-0.3, -0.25) is 4.68 Å². The Bertz CT molecular complexity index is 1470. The third-order valence-electron chi connectivity index (χ3n) is 5.83. The van der Waals surface area contributed by atoms with Crippen LogP contribution in [0.3, 0.4) is 0 Å². The molecule has 0 radical (unpaired) electrons. The van der Waals surface area contributed by atoms with E-state index in [0.717, 1.165) is 11.1 Å². The molecule has 2 N–H and O–H groups in total. The number of rotatable bonds is 9. The number of aromatic nitrogens is 2. The van der Waals surface area contributed by atoms with Crippen molar-refractivity contribution in [3.63, 3.8) is 0 Å². The lowest BCUT2D eigenvalue weighted by atomic mass is 9.98. The van der Waals surface area contributed by atoms with Crippen molar-refractivity contribution in [3.8, 4) is 28.5 Å². The number of aliphatic carboxylic acids is 1. The van der Waals surface area contributed by atoms with Crippen molar-refractivity contribution in [2.24, 2.45) is 0 Å². The monoisotopic (exact) mass is 520 g/mol. The summed E-state index contributed by atoms with van der Waals surface area (Å²) in [6, 6.07) is 19.5. The number of ether oxygens (including phenoxy) is 3. The molecule has 37 heavy (non-hydrogen) atoms. The number of carboxylic acids is 2. The maximum Gasteiger partial charge on any atom is 0.354 e. The average Bonchev–Trinajstić information content (AvgIpc) is 3.48. The highest BCUT2D eigenvalue weighted by atomic mass is 35.5. The highest BCUT2D eigenvalue weighted by molar-refractivity contribution is 6.31. The van der Waals surface area contributed by atoms with Crippen LogP contribution in [0.5, 0.6) is 17.2 Å². The van der Waals surface area contributed by atoms with Gasteiger partial charge in [0.2, 0.25) is 6.79 Å².